The number of fused-ring (bicyclic) bond motifs is 1. The summed E-state index contributed by atoms with van der Waals surface area (Å²) in [6.45, 7) is 9.99. The number of hydrogen-bond acceptors (Lipinski definition) is 4. The van der Waals surface area contributed by atoms with Crippen LogP contribution < -0.4 is 10.5 Å². The van der Waals surface area contributed by atoms with Gasteiger partial charge in [0.05, 0.1) is 12.1 Å². The van der Waals surface area contributed by atoms with E-state index in [1.807, 2.05) is 19.1 Å². The fourth-order valence-electron chi connectivity index (χ4n) is 2.87. The molecule has 1 aromatic carbocycles. The number of carbonyl (C=O) groups excluding carboxylic acids is 1. The zero-order valence-corrected chi connectivity index (χ0v) is 16.1. The van der Waals surface area contributed by atoms with Crippen molar-refractivity contribution in [2.75, 3.05) is 33.3 Å². The molecule has 0 aliphatic carbocycles. The van der Waals surface area contributed by atoms with Gasteiger partial charge in [0.2, 0.25) is 0 Å². The molecule has 2 rings (SSSR count). The van der Waals surface area contributed by atoms with E-state index in [2.05, 4.69) is 23.7 Å². The minimum absolute atomic E-state index is 0.293. The second-order valence-corrected chi connectivity index (χ2v) is 6.33. The van der Waals surface area contributed by atoms with Gasteiger partial charge in [0.25, 0.3) is 5.91 Å². The molecule has 7 heteroatoms. The molecule has 142 valence electrons. The molecule has 2 aromatic rings. The maximum Gasteiger partial charge on any atom is 0.276 e. The Bertz CT molecular complexity index is 780. The summed E-state index contributed by atoms with van der Waals surface area (Å²) in [5.74, 6) is 0.0912. The number of nitrogens with zero attached hydrogens (tertiary/aromatic N) is 2. The quantitative estimate of drug-likeness (QED) is 0.383. The first-order valence-electron chi connectivity index (χ1n) is 8.98. The van der Waals surface area contributed by atoms with Crippen molar-refractivity contribution in [2.24, 2.45) is 5.73 Å². The van der Waals surface area contributed by atoms with Crippen molar-refractivity contribution in [3.8, 4) is 5.75 Å². The first kappa shape index (κ1) is 19.8. The number of H-pyrrole nitrogens is 1. The van der Waals surface area contributed by atoms with Crippen molar-refractivity contribution < 1.29 is 9.53 Å². The first-order valence-corrected chi connectivity index (χ1v) is 8.98. The highest BCUT2D eigenvalue weighted by Crippen LogP contribution is 2.29. The van der Waals surface area contributed by atoms with Gasteiger partial charge in [-0.3, -0.25) is 15.1 Å². The monoisotopic (exact) mass is 359 g/mol. The Hall–Kier alpha value is -2.54. The number of hydrogen-bond donors (Lipinski definition) is 3. The molecule has 0 aliphatic rings. The molecule has 0 unspecified atom stereocenters. The number of carbonyl (C=O) groups is 1. The Labute approximate surface area is 154 Å². The normalized spacial score (nSPS) is 11.1. The molecular formula is C19H29N5O2. The van der Waals surface area contributed by atoms with Crippen LogP contribution in [0.2, 0.25) is 0 Å². The largest absolute Gasteiger partial charge is 0.491 e. The van der Waals surface area contributed by atoms with Gasteiger partial charge in [-0.2, -0.15) is 0 Å². The van der Waals surface area contributed by atoms with E-state index in [0.29, 0.717) is 12.3 Å². The summed E-state index contributed by atoms with van der Waals surface area (Å²) in [5.41, 5.74) is 7.64. The van der Waals surface area contributed by atoms with Gasteiger partial charge in [-0.05, 0) is 44.1 Å². The van der Waals surface area contributed by atoms with Crippen LogP contribution in [-0.2, 0) is 0 Å². The summed E-state index contributed by atoms with van der Waals surface area (Å²) in [7, 11) is 1.48. The van der Waals surface area contributed by atoms with E-state index in [1.165, 1.54) is 7.05 Å². The van der Waals surface area contributed by atoms with Gasteiger partial charge >= 0.3 is 0 Å². The molecular weight excluding hydrogens is 330 g/mol. The van der Waals surface area contributed by atoms with Crippen LogP contribution in [0.1, 0.15) is 36.3 Å². The van der Waals surface area contributed by atoms with Crippen molar-refractivity contribution in [2.45, 2.75) is 27.2 Å². The molecule has 1 aromatic heterocycles. The summed E-state index contributed by atoms with van der Waals surface area (Å²) < 4.78 is 5.96. The number of nitrogens with one attached hydrogen (secondary N) is 2. The smallest absolute Gasteiger partial charge is 0.276 e. The second kappa shape index (κ2) is 8.71. The van der Waals surface area contributed by atoms with Crippen LogP contribution >= 0.6 is 0 Å². The SMILES string of the molecule is CCN(CC)CCCOc1ccc(C)c2cc(C(=O)N(C)C(=N)N)[nH]c12. The Morgan fingerprint density at radius 2 is 2.00 bits per heavy atom. The standard InChI is InChI=1S/C19H29N5O2/c1-5-24(6-2)10-7-11-26-16-9-8-13(3)14-12-15(22-17(14)16)18(25)23(4)19(20)21/h8-9,12,22H,5-7,10-11H2,1-4H3,(H3,20,21). The molecule has 0 radical (unpaired) electrons. The average Bonchev–Trinajstić information content (AvgIpc) is 3.08. The van der Waals surface area contributed by atoms with Crippen LogP contribution in [0.4, 0.5) is 0 Å². The number of aromatic nitrogens is 1. The third-order valence-electron chi connectivity index (χ3n) is 4.64. The number of amides is 1. The molecule has 0 saturated carbocycles. The maximum atomic E-state index is 12.4. The van der Waals surface area contributed by atoms with Gasteiger partial charge in [0.15, 0.2) is 5.96 Å². The van der Waals surface area contributed by atoms with E-state index in [-0.39, 0.29) is 11.9 Å². The maximum absolute atomic E-state index is 12.4. The lowest BCUT2D eigenvalue weighted by atomic mass is 10.1. The second-order valence-electron chi connectivity index (χ2n) is 6.33. The minimum Gasteiger partial charge on any atom is -0.491 e. The van der Waals surface area contributed by atoms with Crippen LogP contribution in [-0.4, -0.2) is 59.9 Å². The number of guanidine groups is 1. The van der Waals surface area contributed by atoms with Crippen LogP contribution in [0, 0.1) is 12.3 Å². The number of aryl methyl sites for hydroxylation is 1. The molecule has 0 aliphatic heterocycles. The van der Waals surface area contributed by atoms with Crippen molar-refractivity contribution in [1.82, 2.24) is 14.8 Å². The molecule has 26 heavy (non-hydrogen) atoms. The van der Waals surface area contributed by atoms with E-state index >= 15 is 0 Å². The third-order valence-corrected chi connectivity index (χ3v) is 4.64. The summed E-state index contributed by atoms with van der Waals surface area (Å²) >= 11 is 0. The molecule has 0 bridgehead atoms. The molecule has 1 heterocycles. The van der Waals surface area contributed by atoms with Crippen molar-refractivity contribution in [1.29, 1.82) is 5.41 Å². The van der Waals surface area contributed by atoms with E-state index in [4.69, 9.17) is 15.9 Å². The molecule has 0 fully saturated rings. The fraction of sp³-hybridized carbons (Fsp3) is 0.474. The zero-order valence-electron chi connectivity index (χ0n) is 16.1. The van der Waals surface area contributed by atoms with Crippen LogP contribution in [0.15, 0.2) is 18.2 Å². The lowest BCUT2D eigenvalue weighted by molar-refractivity contribution is 0.0864. The lowest BCUT2D eigenvalue weighted by Crippen LogP contribution is -2.38. The highest BCUT2D eigenvalue weighted by molar-refractivity contribution is 6.06. The predicted molar refractivity (Wildman–Crippen MR) is 105 cm³/mol. The fourth-order valence-corrected chi connectivity index (χ4v) is 2.87. The predicted octanol–water partition coefficient (Wildman–Crippen LogP) is 2.55. The lowest BCUT2D eigenvalue weighted by Gasteiger charge is -2.17. The van der Waals surface area contributed by atoms with Gasteiger partial charge in [-0.1, -0.05) is 19.9 Å². The van der Waals surface area contributed by atoms with Crippen molar-refractivity contribution >= 4 is 22.8 Å². The van der Waals surface area contributed by atoms with Crippen LogP contribution in [0.25, 0.3) is 10.9 Å². The highest BCUT2D eigenvalue weighted by Gasteiger charge is 2.18. The average molecular weight is 359 g/mol. The number of benzene rings is 1. The topological polar surface area (TPSA) is 98.4 Å². The summed E-state index contributed by atoms with van der Waals surface area (Å²) in [4.78, 5) is 19.0. The Morgan fingerprint density at radius 3 is 2.62 bits per heavy atom. The third kappa shape index (κ3) is 4.35. The van der Waals surface area contributed by atoms with Crippen LogP contribution in [0.3, 0.4) is 0 Å². The minimum atomic E-state index is -0.347. The van der Waals surface area contributed by atoms with E-state index in [9.17, 15) is 4.79 Å². The molecule has 4 N–H and O–H groups in total. The number of aromatic amines is 1. The van der Waals surface area contributed by atoms with Crippen molar-refractivity contribution in [3.63, 3.8) is 0 Å². The molecule has 1 amide bonds. The summed E-state index contributed by atoms with van der Waals surface area (Å²) in [6.07, 6.45) is 0.941. The number of nitrogens with two attached hydrogens (primary N) is 1. The Balaban J connectivity index is 2.17. The molecule has 0 saturated heterocycles. The van der Waals surface area contributed by atoms with Crippen LogP contribution in [0.5, 0.6) is 5.75 Å². The summed E-state index contributed by atoms with van der Waals surface area (Å²) in [6, 6.07) is 5.70. The summed E-state index contributed by atoms with van der Waals surface area (Å²) in [5, 5.41) is 8.35. The molecule has 0 atom stereocenters. The molecule has 0 spiro atoms. The molecule has 7 nitrogen and oxygen atoms in total. The van der Waals surface area contributed by atoms with Gasteiger partial charge in [-0.15, -0.1) is 0 Å². The Morgan fingerprint density at radius 1 is 1.31 bits per heavy atom. The Kier molecular flexibility index (Phi) is 6.63. The van der Waals surface area contributed by atoms with Gasteiger partial charge in [-0.25, -0.2) is 0 Å². The van der Waals surface area contributed by atoms with Gasteiger partial charge in [0.1, 0.15) is 11.4 Å². The van der Waals surface area contributed by atoms with E-state index in [0.717, 1.165) is 53.2 Å². The number of ether oxygens (including phenoxy) is 1. The first-order chi connectivity index (χ1) is 12.4. The van der Waals surface area contributed by atoms with E-state index < -0.39 is 0 Å². The van der Waals surface area contributed by atoms with Gasteiger partial charge < -0.3 is 20.4 Å². The van der Waals surface area contributed by atoms with E-state index in [1.54, 1.807) is 6.07 Å². The highest BCUT2D eigenvalue weighted by atomic mass is 16.5. The van der Waals surface area contributed by atoms with Crippen molar-refractivity contribution in [3.05, 3.63) is 29.5 Å². The zero-order chi connectivity index (χ0) is 19.3. The number of rotatable bonds is 8. The van der Waals surface area contributed by atoms with Gasteiger partial charge in [0, 0.05) is 19.0 Å².